The van der Waals surface area contributed by atoms with Crippen molar-refractivity contribution in [2.24, 2.45) is 23.0 Å². The van der Waals surface area contributed by atoms with Gasteiger partial charge in [0.2, 0.25) is 35.4 Å². The number of hydrogen-bond donors (Lipinski definition) is 6. The molecule has 0 saturated carbocycles. The number of Topliss-reactive ketones (excluding diaryl/α,β-unsaturated/α-hetero) is 1. The first-order valence-corrected chi connectivity index (χ1v) is 23.9. The van der Waals surface area contributed by atoms with Crippen LogP contribution < -0.4 is 32.3 Å². The van der Waals surface area contributed by atoms with Crippen molar-refractivity contribution in [3.05, 3.63) is 124 Å². The third kappa shape index (κ3) is 14.3. The maximum Gasteiger partial charge on any atom is 0.246 e. The molecule has 0 radical (unpaired) electrons. The number of piperidine rings is 1. The van der Waals surface area contributed by atoms with E-state index >= 15 is 4.79 Å². The molecule has 15 nitrogen and oxygen atoms in total. The summed E-state index contributed by atoms with van der Waals surface area (Å²) in [6.45, 7) is 7.37. The van der Waals surface area contributed by atoms with E-state index in [0.29, 0.717) is 62.9 Å². The molecule has 5 atom stereocenters. The number of nitrogens with one attached hydrogen (secondary N) is 5. The molecule has 0 aromatic heterocycles. The average molecular weight is 930 g/mol. The average Bonchev–Trinajstić information content (AvgIpc) is 3.32. The second kappa shape index (κ2) is 24.5. The topological polar surface area (TPSA) is 218 Å². The van der Waals surface area contributed by atoms with Gasteiger partial charge in [-0.15, -0.1) is 0 Å². The van der Waals surface area contributed by atoms with Crippen LogP contribution in [0.15, 0.2) is 108 Å². The number of benzene rings is 2. The minimum absolute atomic E-state index is 0.00511. The molecule has 2 aliphatic carbocycles. The first-order valence-electron chi connectivity index (χ1n) is 23.9. The zero-order chi connectivity index (χ0) is 48.6. The van der Waals surface area contributed by atoms with E-state index < -0.39 is 41.1 Å². The molecular formula is C53H67N7O8. The fourth-order valence-electron chi connectivity index (χ4n) is 9.44. The van der Waals surface area contributed by atoms with Gasteiger partial charge >= 0.3 is 0 Å². The Labute approximate surface area is 399 Å². The lowest BCUT2D eigenvalue weighted by Crippen LogP contribution is -2.58. The standard InChI is InChI=1S/C53H67N7O8/c1-35-10-12-42-31-48(63)58-45(50(65)56-24-27-68-26-22-54)20-23-55-47(62)18-19-49(64)60-25-7-21-53(34-60,32-38-8-5-4-6-9-38)52(67)59-46(51(66)57-33-43(42)28-35)30-39-11-17-44(36(2)29-39)41-15-13-40(14-16-41)37(3)61/h4-6,8-19,35-36,45-46H,7,20-34,54H2,1-3H3,(H,55,62)(H,56,65)(H,57,66)(H,58,63)(H,59,67)/b19-18+/t35?,36?,45-,46-,53-/m0/s1. The Kier molecular flexibility index (Phi) is 18.4. The fourth-order valence-corrected chi connectivity index (χ4v) is 9.44. The van der Waals surface area contributed by atoms with Crippen LogP contribution in [-0.4, -0.2) is 111 Å². The molecule has 2 bridgehead atoms. The molecule has 2 aliphatic heterocycles. The van der Waals surface area contributed by atoms with Crippen LogP contribution in [0.4, 0.5) is 0 Å². The van der Waals surface area contributed by atoms with Crippen molar-refractivity contribution < 1.29 is 38.3 Å². The Bertz CT molecular complexity index is 2340. The molecule has 68 heavy (non-hydrogen) atoms. The van der Waals surface area contributed by atoms with Crippen molar-refractivity contribution in [3.8, 4) is 0 Å². The van der Waals surface area contributed by atoms with Gasteiger partial charge in [-0.25, -0.2) is 0 Å². The number of allylic oxidation sites excluding steroid dienone is 5. The van der Waals surface area contributed by atoms with Crippen molar-refractivity contribution >= 4 is 46.8 Å². The van der Waals surface area contributed by atoms with Crippen molar-refractivity contribution in [3.63, 3.8) is 0 Å². The van der Waals surface area contributed by atoms with Gasteiger partial charge in [-0.2, -0.15) is 0 Å². The number of rotatable bonds is 12. The maximum atomic E-state index is 15.0. The molecule has 2 heterocycles. The van der Waals surface area contributed by atoms with E-state index in [1.54, 1.807) is 4.90 Å². The quantitative estimate of drug-likeness (QED) is 0.134. The van der Waals surface area contributed by atoms with Gasteiger partial charge in [0.25, 0.3) is 0 Å². The Morgan fingerprint density at radius 3 is 2.43 bits per heavy atom. The smallest absolute Gasteiger partial charge is 0.246 e. The highest BCUT2D eigenvalue weighted by atomic mass is 16.5. The van der Waals surface area contributed by atoms with Crippen LogP contribution in [0, 0.1) is 17.3 Å². The summed E-state index contributed by atoms with van der Waals surface area (Å²) in [4.78, 5) is 97.2. The minimum atomic E-state index is -1.10. The summed E-state index contributed by atoms with van der Waals surface area (Å²) in [6.07, 6.45) is 13.0. The highest BCUT2D eigenvalue weighted by Crippen LogP contribution is 2.37. The number of fused-ring (bicyclic) bond motifs is 2. The lowest BCUT2D eigenvalue weighted by molar-refractivity contribution is -0.141. The Hall–Kier alpha value is -6.45. The van der Waals surface area contributed by atoms with Crippen molar-refractivity contribution in [1.82, 2.24) is 31.5 Å². The van der Waals surface area contributed by atoms with Crippen LogP contribution in [0.2, 0.25) is 0 Å². The van der Waals surface area contributed by atoms with Crippen LogP contribution in [-0.2, 0) is 39.9 Å². The number of amides is 6. The van der Waals surface area contributed by atoms with Gasteiger partial charge in [-0.3, -0.25) is 33.6 Å². The molecular weight excluding hydrogens is 863 g/mol. The van der Waals surface area contributed by atoms with Crippen LogP contribution in [0.5, 0.6) is 0 Å². The number of ether oxygens (including phenoxy) is 1. The molecule has 15 heteroatoms. The number of hydrogen-bond acceptors (Lipinski definition) is 9. The van der Waals surface area contributed by atoms with Gasteiger partial charge in [-0.1, -0.05) is 98.3 Å². The summed E-state index contributed by atoms with van der Waals surface area (Å²) in [6, 6.07) is 15.2. The lowest BCUT2D eigenvalue weighted by Gasteiger charge is -2.42. The number of carbonyl (C=O) groups excluding carboxylic acids is 7. The van der Waals surface area contributed by atoms with E-state index in [-0.39, 0.29) is 81.5 Å². The van der Waals surface area contributed by atoms with E-state index in [1.807, 2.05) is 78.9 Å². The first kappa shape index (κ1) is 51.0. The van der Waals surface area contributed by atoms with Crippen molar-refractivity contribution in [2.75, 3.05) is 52.5 Å². The number of carbonyl (C=O) groups is 7. The second-order valence-corrected chi connectivity index (χ2v) is 18.5. The second-order valence-electron chi connectivity index (χ2n) is 18.5. The fraction of sp³-hybridized carbons (Fsp3) is 0.453. The molecule has 6 amide bonds. The van der Waals surface area contributed by atoms with Crippen LogP contribution >= 0.6 is 0 Å². The Morgan fingerprint density at radius 1 is 0.912 bits per heavy atom. The molecule has 362 valence electrons. The summed E-state index contributed by atoms with van der Waals surface area (Å²) in [7, 11) is 0. The Morgan fingerprint density at radius 2 is 1.69 bits per heavy atom. The van der Waals surface area contributed by atoms with Crippen LogP contribution in [0.3, 0.4) is 0 Å². The van der Waals surface area contributed by atoms with Crippen molar-refractivity contribution in [2.45, 2.75) is 84.2 Å². The molecule has 2 unspecified atom stereocenters. The minimum Gasteiger partial charge on any atom is -0.378 e. The SMILES string of the molecule is CC(=O)c1ccc(C2=CC=C(C[C@@H]3NC(=O)[C@]4(Cc5ccccc5)CCCN(C4)C(=O)/C=C/C(=O)NCC[C@@H](C(=O)NCCOCCN)NC(=O)CC4=C(CNC3=O)CC(C)C=C4)CC2C)cc1. The molecule has 2 aromatic carbocycles. The molecule has 6 rings (SSSR count). The maximum absolute atomic E-state index is 15.0. The van der Waals surface area contributed by atoms with Gasteiger partial charge in [-0.05, 0) is 91.6 Å². The number of nitrogens with two attached hydrogens (primary N) is 1. The molecule has 1 fully saturated rings. The van der Waals surface area contributed by atoms with Gasteiger partial charge in [0.15, 0.2) is 5.78 Å². The molecule has 1 saturated heterocycles. The van der Waals surface area contributed by atoms with E-state index in [2.05, 4.69) is 40.4 Å². The van der Waals surface area contributed by atoms with Gasteiger partial charge in [0.05, 0.1) is 25.0 Å². The highest BCUT2D eigenvalue weighted by molar-refractivity contribution is 5.98. The summed E-state index contributed by atoms with van der Waals surface area (Å²) in [5, 5.41) is 14.7. The monoisotopic (exact) mass is 930 g/mol. The van der Waals surface area contributed by atoms with Gasteiger partial charge < -0.3 is 42.0 Å². The molecule has 7 N–H and O–H groups in total. The molecule has 4 aliphatic rings. The zero-order valence-electron chi connectivity index (χ0n) is 39.6. The van der Waals surface area contributed by atoms with Gasteiger partial charge in [0.1, 0.15) is 12.1 Å². The number of nitrogens with zero attached hydrogens (tertiary/aromatic N) is 1. The van der Waals surface area contributed by atoms with E-state index in [9.17, 15) is 28.8 Å². The van der Waals surface area contributed by atoms with Crippen LogP contribution in [0.25, 0.3) is 5.57 Å². The number of ketones is 1. The normalized spacial score (nSPS) is 24.9. The third-order valence-electron chi connectivity index (χ3n) is 13.1. The molecule has 2 aromatic rings. The predicted octanol–water partition coefficient (Wildman–Crippen LogP) is 4.02. The first-order chi connectivity index (χ1) is 32.7. The summed E-state index contributed by atoms with van der Waals surface area (Å²) >= 11 is 0. The summed E-state index contributed by atoms with van der Waals surface area (Å²) in [5.74, 6) is -2.41. The van der Waals surface area contributed by atoms with Crippen LogP contribution in [0.1, 0.15) is 87.2 Å². The zero-order valence-corrected chi connectivity index (χ0v) is 39.6. The largest absolute Gasteiger partial charge is 0.378 e. The lowest BCUT2D eigenvalue weighted by atomic mass is 9.73. The van der Waals surface area contributed by atoms with E-state index in [0.717, 1.165) is 33.9 Å². The summed E-state index contributed by atoms with van der Waals surface area (Å²) in [5.41, 5.74) is 10.6. The third-order valence-corrected chi connectivity index (χ3v) is 13.1. The van der Waals surface area contributed by atoms with E-state index in [1.165, 1.54) is 13.0 Å². The molecule has 0 spiro atoms. The van der Waals surface area contributed by atoms with E-state index in [4.69, 9.17) is 10.5 Å². The van der Waals surface area contributed by atoms with Gasteiger partial charge in [0, 0.05) is 57.0 Å². The Balaban J connectivity index is 1.33. The summed E-state index contributed by atoms with van der Waals surface area (Å²) < 4.78 is 5.39. The predicted molar refractivity (Wildman–Crippen MR) is 260 cm³/mol. The highest BCUT2D eigenvalue weighted by Gasteiger charge is 2.44. The van der Waals surface area contributed by atoms with Crippen molar-refractivity contribution in [1.29, 1.82) is 0 Å².